The molecule has 1 aromatic rings. The molecule has 0 aliphatic heterocycles. The Hall–Kier alpha value is -0.670. The van der Waals surface area contributed by atoms with E-state index in [0.29, 0.717) is 0 Å². The Morgan fingerprint density at radius 2 is 2.11 bits per heavy atom. The van der Waals surface area contributed by atoms with Gasteiger partial charge in [-0.25, -0.2) is 0 Å². The topological polar surface area (TPSA) is 29.5 Å². The van der Waals surface area contributed by atoms with Gasteiger partial charge in [0.05, 0.1) is 13.2 Å². The van der Waals surface area contributed by atoms with Gasteiger partial charge in [-0.3, -0.25) is 0 Å². The van der Waals surface area contributed by atoms with Gasteiger partial charge in [-0.1, -0.05) is 18.9 Å². The van der Waals surface area contributed by atoms with Gasteiger partial charge in [0.1, 0.15) is 5.75 Å². The Bertz CT molecular complexity index is 386. The first-order chi connectivity index (χ1) is 8.70. The molecule has 2 rings (SSSR count). The Kier molecular flexibility index (Phi) is 4.95. The number of methoxy groups -OCH3 is 1. The van der Waals surface area contributed by atoms with Gasteiger partial charge >= 0.3 is 0 Å². The predicted molar refractivity (Wildman–Crippen MR) is 77.4 cm³/mol. The summed E-state index contributed by atoms with van der Waals surface area (Å²) in [6, 6.07) is 5.89. The summed E-state index contributed by atoms with van der Waals surface area (Å²) in [7, 11) is 1.67. The van der Waals surface area contributed by atoms with Crippen LogP contribution in [0.1, 0.15) is 42.9 Å². The van der Waals surface area contributed by atoms with E-state index in [2.05, 4.69) is 0 Å². The minimum absolute atomic E-state index is 0.360. The van der Waals surface area contributed by atoms with Crippen molar-refractivity contribution in [2.75, 3.05) is 12.9 Å². The molecule has 1 saturated carbocycles. The number of benzene rings is 1. The van der Waals surface area contributed by atoms with E-state index in [1.807, 2.05) is 36.9 Å². The van der Waals surface area contributed by atoms with Crippen LogP contribution in [-0.2, 0) is 0 Å². The number of thioether (sulfide) groups is 1. The van der Waals surface area contributed by atoms with E-state index in [4.69, 9.17) is 4.74 Å². The average molecular weight is 266 g/mol. The highest BCUT2D eigenvalue weighted by Crippen LogP contribution is 2.33. The van der Waals surface area contributed by atoms with Crippen molar-refractivity contribution < 1.29 is 9.84 Å². The number of aryl methyl sites for hydroxylation is 1. The molecule has 0 amide bonds. The molecule has 18 heavy (non-hydrogen) atoms. The molecule has 1 fully saturated rings. The third-order valence-corrected chi connectivity index (χ3v) is 5.08. The zero-order valence-corrected chi connectivity index (χ0v) is 12.0. The Labute approximate surface area is 114 Å². The van der Waals surface area contributed by atoms with E-state index in [1.165, 1.54) is 25.7 Å². The average Bonchev–Trinajstić information content (AvgIpc) is 2.88. The van der Waals surface area contributed by atoms with E-state index >= 15 is 0 Å². The van der Waals surface area contributed by atoms with Crippen molar-refractivity contribution in [1.82, 2.24) is 0 Å². The fraction of sp³-hybridized carbons (Fsp3) is 0.600. The maximum Gasteiger partial charge on any atom is 0.119 e. The van der Waals surface area contributed by atoms with Crippen LogP contribution >= 0.6 is 11.8 Å². The molecule has 3 heteroatoms. The van der Waals surface area contributed by atoms with Gasteiger partial charge in [0.15, 0.2) is 0 Å². The lowest BCUT2D eigenvalue weighted by Gasteiger charge is -2.16. The predicted octanol–water partition coefficient (Wildman–Crippen LogP) is 3.71. The van der Waals surface area contributed by atoms with Gasteiger partial charge in [0.2, 0.25) is 0 Å². The summed E-state index contributed by atoms with van der Waals surface area (Å²) in [5, 5.41) is 11.0. The Morgan fingerprint density at radius 1 is 1.39 bits per heavy atom. The summed E-state index contributed by atoms with van der Waals surface area (Å²) in [4.78, 5) is 0. The summed E-state index contributed by atoms with van der Waals surface area (Å²) >= 11 is 1.92. The summed E-state index contributed by atoms with van der Waals surface area (Å²) in [6.07, 6.45) is 4.99. The maximum absolute atomic E-state index is 10.3. The smallest absolute Gasteiger partial charge is 0.119 e. The van der Waals surface area contributed by atoms with Gasteiger partial charge in [0.25, 0.3) is 0 Å². The third-order valence-electron chi connectivity index (χ3n) is 3.63. The Balaban J connectivity index is 1.93. The molecule has 1 atom stereocenters. The van der Waals surface area contributed by atoms with Crippen molar-refractivity contribution in [3.63, 3.8) is 0 Å². The molecular formula is C15H22O2S. The van der Waals surface area contributed by atoms with Gasteiger partial charge in [0, 0.05) is 11.0 Å². The van der Waals surface area contributed by atoms with Gasteiger partial charge < -0.3 is 9.84 Å². The van der Waals surface area contributed by atoms with Crippen molar-refractivity contribution >= 4 is 11.8 Å². The lowest BCUT2D eigenvalue weighted by Crippen LogP contribution is -2.06. The standard InChI is InChI=1S/C15H22O2S/c1-11-9-12(17-2)7-8-14(11)15(16)10-18-13-5-3-4-6-13/h7-9,13,15-16H,3-6,10H2,1-2H3. The van der Waals surface area contributed by atoms with Gasteiger partial charge in [-0.05, 0) is 43.0 Å². The molecule has 0 radical (unpaired) electrons. The number of hydrogen-bond donors (Lipinski definition) is 1. The van der Waals surface area contributed by atoms with Crippen LogP contribution in [0, 0.1) is 6.92 Å². The zero-order valence-electron chi connectivity index (χ0n) is 11.2. The second-order valence-corrected chi connectivity index (χ2v) is 6.31. The van der Waals surface area contributed by atoms with Gasteiger partial charge in [-0.2, -0.15) is 11.8 Å². The van der Waals surface area contributed by atoms with E-state index < -0.39 is 0 Å². The third kappa shape index (κ3) is 3.42. The molecule has 0 aromatic heterocycles. The molecule has 100 valence electrons. The highest BCUT2D eigenvalue weighted by Gasteiger charge is 2.18. The molecule has 0 spiro atoms. The van der Waals surface area contributed by atoms with Crippen LogP contribution in [-0.4, -0.2) is 23.2 Å². The van der Waals surface area contributed by atoms with Crippen LogP contribution in [0.2, 0.25) is 0 Å². The molecule has 1 aliphatic carbocycles. The summed E-state index contributed by atoms with van der Waals surface area (Å²) in [5.74, 6) is 1.66. The van der Waals surface area contributed by atoms with Gasteiger partial charge in [-0.15, -0.1) is 0 Å². The quantitative estimate of drug-likeness (QED) is 0.881. The number of rotatable bonds is 5. The number of aliphatic hydroxyl groups excluding tert-OH is 1. The molecule has 1 aromatic carbocycles. The molecule has 1 N–H and O–H groups in total. The van der Waals surface area contributed by atoms with E-state index in [1.54, 1.807) is 7.11 Å². The van der Waals surface area contributed by atoms with Crippen LogP contribution in [0.5, 0.6) is 5.75 Å². The van der Waals surface area contributed by atoms with Crippen molar-refractivity contribution in [3.8, 4) is 5.75 Å². The normalized spacial score (nSPS) is 17.9. The van der Waals surface area contributed by atoms with Crippen molar-refractivity contribution in [2.45, 2.75) is 44.0 Å². The first-order valence-corrected chi connectivity index (χ1v) is 7.70. The van der Waals surface area contributed by atoms with Crippen LogP contribution in [0.3, 0.4) is 0 Å². The number of aliphatic hydroxyl groups is 1. The Morgan fingerprint density at radius 3 is 2.72 bits per heavy atom. The lowest BCUT2D eigenvalue weighted by atomic mass is 10.0. The maximum atomic E-state index is 10.3. The molecular weight excluding hydrogens is 244 g/mol. The summed E-state index contributed by atoms with van der Waals surface area (Å²) in [5.41, 5.74) is 2.13. The molecule has 1 aliphatic rings. The van der Waals surface area contributed by atoms with E-state index in [9.17, 15) is 5.11 Å². The van der Waals surface area contributed by atoms with Crippen LogP contribution in [0.15, 0.2) is 18.2 Å². The summed E-state index contributed by atoms with van der Waals surface area (Å²) < 4.78 is 5.18. The SMILES string of the molecule is COc1ccc(C(O)CSC2CCCC2)c(C)c1. The van der Waals surface area contributed by atoms with Crippen molar-refractivity contribution in [1.29, 1.82) is 0 Å². The lowest BCUT2D eigenvalue weighted by molar-refractivity contribution is 0.203. The van der Waals surface area contributed by atoms with Crippen molar-refractivity contribution in [2.24, 2.45) is 0 Å². The first-order valence-electron chi connectivity index (χ1n) is 6.65. The number of hydrogen-bond acceptors (Lipinski definition) is 3. The van der Waals surface area contributed by atoms with Crippen LogP contribution in [0.25, 0.3) is 0 Å². The first kappa shape index (κ1) is 13.8. The molecule has 2 nitrogen and oxygen atoms in total. The number of ether oxygens (including phenoxy) is 1. The molecule has 1 unspecified atom stereocenters. The highest BCUT2D eigenvalue weighted by molar-refractivity contribution is 7.99. The highest BCUT2D eigenvalue weighted by atomic mass is 32.2. The van der Waals surface area contributed by atoms with E-state index in [0.717, 1.165) is 27.9 Å². The largest absolute Gasteiger partial charge is 0.497 e. The van der Waals surface area contributed by atoms with Crippen molar-refractivity contribution in [3.05, 3.63) is 29.3 Å². The van der Waals surface area contributed by atoms with Crippen LogP contribution < -0.4 is 4.74 Å². The molecule has 0 heterocycles. The second-order valence-electron chi connectivity index (χ2n) is 4.98. The van der Waals surface area contributed by atoms with E-state index in [-0.39, 0.29) is 6.10 Å². The fourth-order valence-corrected chi connectivity index (χ4v) is 3.82. The zero-order chi connectivity index (χ0) is 13.0. The fourth-order valence-electron chi connectivity index (χ4n) is 2.52. The summed E-state index contributed by atoms with van der Waals surface area (Å²) in [6.45, 7) is 2.03. The molecule has 0 saturated heterocycles. The second kappa shape index (κ2) is 6.48. The minimum Gasteiger partial charge on any atom is -0.497 e. The van der Waals surface area contributed by atoms with Crippen LogP contribution in [0.4, 0.5) is 0 Å². The monoisotopic (exact) mass is 266 g/mol. The minimum atomic E-state index is -0.360. The molecule has 0 bridgehead atoms.